The first-order valence-corrected chi connectivity index (χ1v) is 9.21. The standard InChI is InChI=1S/C18H17N3O4S/c1-24-15-6-4-14(5-7-15)21-16(18(23)25-19-21)10-20(13-2-3-13)17(22)12-8-9-26-11-12/h4-9,11,13H,2-3,10H2,1H3/p+1. The first-order valence-electron chi connectivity index (χ1n) is 8.27. The van der Waals surface area contributed by atoms with Crippen molar-refractivity contribution >= 4 is 17.2 Å². The van der Waals surface area contributed by atoms with Crippen molar-refractivity contribution in [1.29, 1.82) is 0 Å². The van der Waals surface area contributed by atoms with Crippen molar-refractivity contribution in [3.05, 3.63) is 62.8 Å². The lowest BCUT2D eigenvalue weighted by atomic mass is 10.2. The Morgan fingerprint density at radius 1 is 1.35 bits per heavy atom. The Labute approximate surface area is 153 Å². The summed E-state index contributed by atoms with van der Waals surface area (Å²) in [7, 11) is 1.59. The van der Waals surface area contributed by atoms with E-state index in [0.717, 1.165) is 18.5 Å². The maximum absolute atomic E-state index is 12.8. The zero-order valence-corrected chi connectivity index (χ0v) is 15.0. The van der Waals surface area contributed by atoms with Crippen molar-refractivity contribution in [2.45, 2.75) is 25.4 Å². The number of thiophene rings is 1. The van der Waals surface area contributed by atoms with Crippen molar-refractivity contribution in [2.75, 3.05) is 7.11 Å². The monoisotopic (exact) mass is 372 g/mol. The van der Waals surface area contributed by atoms with Gasteiger partial charge in [0.05, 0.1) is 12.7 Å². The van der Waals surface area contributed by atoms with Crippen LogP contribution in [0.2, 0.25) is 0 Å². The van der Waals surface area contributed by atoms with E-state index in [9.17, 15) is 9.59 Å². The lowest BCUT2D eigenvalue weighted by Crippen LogP contribution is -2.43. The maximum atomic E-state index is 12.8. The number of nitrogens with one attached hydrogen (secondary N) is 1. The molecule has 7 nitrogen and oxygen atoms in total. The fourth-order valence-corrected chi connectivity index (χ4v) is 3.46. The third-order valence-corrected chi connectivity index (χ3v) is 5.09. The molecule has 26 heavy (non-hydrogen) atoms. The molecule has 1 amide bonds. The van der Waals surface area contributed by atoms with Crippen LogP contribution >= 0.6 is 11.3 Å². The van der Waals surface area contributed by atoms with Crippen molar-refractivity contribution in [3.63, 3.8) is 0 Å². The Morgan fingerprint density at radius 2 is 2.12 bits per heavy atom. The highest BCUT2D eigenvalue weighted by Crippen LogP contribution is 2.29. The van der Waals surface area contributed by atoms with E-state index < -0.39 is 5.63 Å². The van der Waals surface area contributed by atoms with Gasteiger partial charge in [-0.05, 0) is 46.4 Å². The van der Waals surface area contributed by atoms with E-state index in [-0.39, 0.29) is 18.5 Å². The van der Waals surface area contributed by atoms with Gasteiger partial charge in [0.2, 0.25) is 5.69 Å². The largest absolute Gasteiger partial charge is 0.497 e. The molecule has 0 atom stereocenters. The summed E-state index contributed by atoms with van der Waals surface area (Å²) in [6, 6.07) is 9.20. The topological polar surface area (TPSA) is 79.4 Å². The van der Waals surface area contributed by atoms with Crippen molar-refractivity contribution < 1.29 is 18.7 Å². The third-order valence-electron chi connectivity index (χ3n) is 4.40. The number of carbonyl (C=O) groups excluding carboxylic acids is 1. The molecule has 0 unspecified atom stereocenters. The van der Waals surface area contributed by atoms with Crippen LogP contribution in [0.4, 0.5) is 0 Å². The number of rotatable bonds is 6. The van der Waals surface area contributed by atoms with E-state index in [0.29, 0.717) is 17.0 Å². The Bertz CT molecular complexity index is 955. The van der Waals surface area contributed by atoms with Gasteiger partial charge in [-0.3, -0.25) is 9.32 Å². The third kappa shape index (κ3) is 3.15. The molecule has 1 aromatic carbocycles. The van der Waals surface area contributed by atoms with Gasteiger partial charge in [0.25, 0.3) is 5.91 Å². The van der Waals surface area contributed by atoms with Gasteiger partial charge in [0.1, 0.15) is 12.3 Å². The molecule has 1 saturated carbocycles. The number of ether oxygens (including phenoxy) is 1. The molecular formula is C18H18N3O4S+. The van der Waals surface area contributed by atoms with Crippen LogP contribution in [-0.2, 0) is 6.54 Å². The quantitative estimate of drug-likeness (QED) is 0.672. The molecule has 1 N–H and O–H groups in total. The molecule has 3 aromatic rings. The van der Waals surface area contributed by atoms with Gasteiger partial charge >= 0.3 is 11.3 Å². The van der Waals surface area contributed by atoms with Crippen LogP contribution < -0.4 is 15.0 Å². The predicted octanol–water partition coefficient (Wildman–Crippen LogP) is 2.12. The number of aromatic nitrogens is 2. The predicted molar refractivity (Wildman–Crippen MR) is 94.6 cm³/mol. The summed E-state index contributed by atoms with van der Waals surface area (Å²) in [5.74, 6) is 0.657. The first-order chi connectivity index (χ1) is 12.7. The minimum Gasteiger partial charge on any atom is -0.497 e. The number of methoxy groups -OCH3 is 1. The summed E-state index contributed by atoms with van der Waals surface area (Å²) in [4.78, 5) is 26.8. The van der Waals surface area contributed by atoms with Crippen LogP contribution in [0.3, 0.4) is 0 Å². The van der Waals surface area contributed by atoms with Gasteiger partial charge < -0.3 is 9.64 Å². The van der Waals surface area contributed by atoms with E-state index in [4.69, 9.17) is 9.26 Å². The smallest absolute Gasteiger partial charge is 0.432 e. The average molecular weight is 372 g/mol. The number of hydrogen-bond donors (Lipinski definition) is 1. The van der Waals surface area contributed by atoms with Crippen LogP contribution in [0.25, 0.3) is 5.69 Å². The number of amides is 1. The molecule has 134 valence electrons. The van der Waals surface area contributed by atoms with E-state index >= 15 is 0 Å². The summed E-state index contributed by atoms with van der Waals surface area (Å²) in [6.07, 6.45) is 1.91. The first kappa shape index (κ1) is 16.6. The highest BCUT2D eigenvalue weighted by molar-refractivity contribution is 7.08. The van der Waals surface area contributed by atoms with Gasteiger partial charge in [-0.15, -0.1) is 0 Å². The second-order valence-electron chi connectivity index (χ2n) is 6.14. The summed E-state index contributed by atoms with van der Waals surface area (Å²) in [5.41, 5.74) is 1.28. The molecular weight excluding hydrogens is 354 g/mol. The average Bonchev–Trinajstić information content (AvgIpc) is 3.22. The van der Waals surface area contributed by atoms with Crippen LogP contribution in [0, 0.1) is 0 Å². The summed E-state index contributed by atoms with van der Waals surface area (Å²) < 4.78 is 11.7. The normalized spacial score (nSPS) is 13.6. The highest BCUT2D eigenvalue weighted by Gasteiger charge is 2.37. The number of aromatic amines is 1. The molecule has 1 fully saturated rings. The second kappa shape index (κ2) is 6.80. The molecule has 0 aliphatic heterocycles. The van der Waals surface area contributed by atoms with Crippen molar-refractivity contribution in [3.8, 4) is 11.4 Å². The molecule has 2 heterocycles. The van der Waals surface area contributed by atoms with Crippen LogP contribution in [0.15, 0.2) is 50.4 Å². The van der Waals surface area contributed by atoms with E-state index in [1.54, 1.807) is 34.9 Å². The van der Waals surface area contributed by atoms with Crippen LogP contribution in [-0.4, -0.2) is 29.2 Å². The molecule has 0 spiro atoms. The molecule has 1 aliphatic rings. The van der Waals surface area contributed by atoms with E-state index in [2.05, 4.69) is 5.27 Å². The van der Waals surface area contributed by atoms with E-state index in [1.807, 2.05) is 22.9 Å². The number of carbonyl (C=O) groups is 1. The van der Waals surface area contributed by atoms with E-state index in [1.165, 1.54) is 11.3 Å². The zero-order chi connectivity index (χ0) is 18.1. The Morgan fingerprint density at radius 3 is 2.73 bits per heavy atom. The minimum atomic E-state index is -0.482. The molecule has 8 heteroatoms. The molecule has 0 radical (unpaired) electrons. The number of H-pyrrole nitrogens is 1. The Balaban J connectivity index is 1.65. The summed E-state index contributed by atoms with van der Waals surface area (Å²) >= 11 is 1.48. The molecule has 1 aliphatic carbocycles. The fourth-order valence-electron chi connectivity index (χ4n) is 2.83. The molecule has 0 bridgehead atoms. The Kier molecular flexibility index (Phi) is 4.34. The molecule has 4 rings (SSSR count). The SMILES string of the molecule is COc1ccc(-[n+]2[nH]oc(=O)c2CN(C(=O)c2ccsc2)C2CC2)cc1. The molecule has 2 aromatic heterocycles. The van der Waals surface area contributed by atoms with Gasteiger partial charge in [0.15, 0.2) is 0 Å². The number of nitrogens with zero attached hydrogens (tertiary/aromatic N) is 2. The number of hydrogen-bond acceptors (Lipinski definition) is 5. The Hall–Kier alpha value is -2.87. The van der Waals surface area contributed by atoms with Gasteiger partial charge in [-0.25, -0.2) is 4.79 Å². The second-order valence-corrected chi connectivity index (χ2v) is 6.92. The van der Waals surface area contributed by atoms with Crippen LogP contribution in [0.1, 0.15) is 28.9 Å². The molecule has 0 saturated heterocycles. The fraction of sp³-hybridized carbons (Fsp3) is 0.278. The lowest BCUT2D eigenvalue weighted by molar-refractivity contribution is -0.678. The van der Waals surface area contributed by atoms with Crippen LogP contribution in [0.5, 0.6) is 5.75 Å². The van der Waals surface area contributed by atoms with Crippen molar-refractivity contribution in [2.24, 2.45) is 0 Å². The maximum Gasteiger partial charge on any atom is 0.432 e. The van der Waals surface area contributed by atoms with Crippen molar-refractivity contribution in [1.82, 2.24) is 10.2 Å². The van der Waals surface area contributed by atoms with Gasteiger partial charge in [0, 0.05) is 23.6 Å². The summed E-state index contributed by atoms with van der Waals surface area (Å²) in [6.45, 7) is 0.192. The number of benzene rings is 1. The summed E-state index contributed by atoms with van der Waals surface area (Å²) in [5, 5.41) is 6.32. The zero-order valence-electron chi connectivity index (χ0n) is 14.2. The lowest BCUT2D eigenvalue weighted by Gasteiger charge is -2.19. The van der Waals surface area contributed by atoms with Gasteiger partial charge in [-0.1, -0.05) is 0 Å². The van der Waals surface area contributed by atoms with Gasteiger partial charge in [-0.2, -0.15) is 11.3 Å². The minimum absolute atomic E-state index is 0.0596. The highest BCUT2D eigenvalue weighted by atomic mass is 32.1.